The van der Waals surface area contributed by atoms with Crippen molar-refractivity contribution < 1.29 is 0 Å². The lowest BCUT2D eigenvalue weighted by molar-refractivity contribution is 0.681. The van der Waals surface area contributed by atoms with Crippen LogP contribution in [0.2, 0.25) is 0 Å². The van der Waals surface area contributed by atoms with Gasteiger partial charge in [0.2, 0.25) is 0 Å². The van der Waals surface area contributed by atoms with Crippen LogP contribution in [0.1, 0.15) is 48.7 Å². The molecule has 2 nitrogen and oxygen atoms in total. The van der Waals surface area contributed by atoms with Crippen LogP contribution in [0.25, 0.3) is 10.6 Å². The highest BCUT2D eigenvalue weighted by molar-refractivity contribution is 9.10. The molecule has 0 aliphatic heterocycles. The molecule has 0 bridgehead atoms. The number of hydrogen-bond acceptors (Lipinski definition) is 3. The molecule has 1 aliphatic rings. The van der Waals surface area contributed by atoms with Crippen molar-refractivity contribution in [3.05, 3.63) is 38.8 Å². The van der Waals surface area contributed by atoms with E-state index in [1.54, 1.807) is 0 Å². The van der Waals surface area contributed by atoms with Crippen molar-refractivity contribution in [2.24, 2.45) is 0 Å². The lowest BCUT2D eigenvalue weighted by Crippen LogP contribution is -2.15. The molecule has 1 saturated carbocycles. The molecule has 0 radical (unpaired) electrons. The number of aryl methyl sites for hydroxylation is 1. The molecular weight excluding hydrogens is 344 g/mol. The number of nitrogens with zero attached hydrogens (tertiary/aromatic N) is 1. The van der Waals surface area contributed by atoms with Crippen LogP contribution in [0.4, 0.5) is 0 Å². The molecule has 112 valence electrons. The molecular formula is C17H21BrN2S. The van der Waals surface area contributed by atoms with Crippen LogP contribution in [-0.4, -0.2) is 11.0 Å². The molecule has 2 aromatic rings. The van der Waals surface area contributed by atoms with Crippen molar-refractivity contribution in [2.45, 2.75) is 52.1 Å². The van der Waals surface area contributed by atoms with Crippen molar-refractivity contribution in [1.29, 1.82) is 0 Å². The summed E-state index contributed by atoms with van der Waals surface area (Å²) >= 11 is 5.51. The van der Waals surface area contributed by atoms with Gasteiger partial charge in [-0.3, -0.25) is 0 Å². The Hall–Kier alpha value is -0.710. The zero-order valence-corrected chi connectivity index (χ0v) is 15.1. The molecule has 1 N–H and O–H groups in total. The topological polar surface area (TPSA) is 24.9 Å². The van der Waals surface area contributed by atoms with Crippen LogP contribution in [0.3, 0.4) is 0 Å². The summed E-state index contributed by atoms with van der Waals surface area (Å²) in [5, 5.41) is 4.74. The predicted molar refractivity (Wildman–Crippen MR) is 93.9 cm³/mol. The molecule has 0 unspecified atom stereocenters. The Morgan fingerprint density at radius 2 is 2.14 bits per heavy atom. The minimum Gasteiger partial charge on any atom is -0.309 e. The normalized spacial score (nSPS) is 14.9. The molecule has 1 aromatic heterocycles. The highest BCUT2D eigenvalue weighted by Gasteiger charge is 2.22. The first-order valence-corrected chi connectivity index (χ1v) is 9.15. The minimum absolute atomic E-state index is 0.468. The van der Waals surface area contributed by atoms with Gasteiger partial charge in [-0.05, 0) is 37.3 Å². The molecule has 0 amide bonds. The van der Waals surface area contributed by atoms with Crippen molar-refractivity contribution in [2.75, 3.05) is 0 Å². The lowest BCUT2D eigenvalue weighted by Gasteiger charge is -2.05. The Balaban J connectivity index is 1.92. The molecule has 1 aliphatic carbocycles. The van der Waals surface area contributed by atoms with Gasteiger partial charge in [-0.15, -0.1) is 11.3 Å². The van der Waals surface area contributed by atoms with Gasteiger partial charge >= 0.3 is 0 Å². The fourth-order valence-corrected chi connectivity index (χ4v) is 4.39. The van der Waals surface area contributed by atoms with Gasteiger partial charge in [0.1, 0.15) is 5.01 Å². The second-order valence-electron chi connectivity index (χ2n) is 6.12. The number of hydrogen-bond donors (Lipinski definition) is 1. The molecule has 4 heteroatoms. The molecule has 3 rings (SSSR count). The first kappa shape index (κ1) is 15.2. The Kier molecular flexibility index (Phi) is 4.48. The number of thiazole rings is 1. The number of halogens is 1. The van der Waals surface area contributed by atoms with E-state index < -0.39 is 0 Å². The van der Waals surface area contributed by atoms with Crippen molar-refractivity contribution in [1.82, 2.24) is 10.3 Å². The Morgan fingerprint density at radius 1 is 1.38 bits per heavy atom. The second-order valence-corrected chi connectivity index (χ2v) is 8.06. The lowest BCUT2D eigenvalue weighted by atomic mass is 10.1. The summed E-state index contributed by atoms with van der Waals surface area (Å²) < 4.78 is 1.13. The number of nitrogens with one attached hydrogen (secondary N) is 1. The maximum absolute atomic E-state index is 4.92. The summed E-state index contributed by atoms with van der Waals surface area (Å²) in [4.78, 5) is 6.31. The summed E-state index contributed by atoms with van der Waals surface area (Å²) in [6.45, 7) is 7.52. The van der Waals surface area contributed by atoms with Crippen molar-refractivity contribution in [3.8, 4) is 10.6 Å². The number of aromatic nitrogens is 1. The Bertz CT molecular complexity index is 644. The van der Waals surface area contributed by atoms with E-state index in [0.717, 1.165) is 22.1 Å². The molecule has 0 spiro atoms. The van der Waals surface area contributed by atoms with Crippen LogP contribution in [-0.2, 0) is 6.54 Å². The standard InChI is InChI=1S/C17H21BrN2S/c1-10(2)16-15(9-19-12-5-6-12)21-17(20-16)13-7-4-11(3)8-14(13)18/h4,7-8,10,12,19H,5-6,9H2,1-3H3. The van der Waals surface area contributed by atoms with Gasteiger partial charge in [-0.25, -0.2) is 4.98 Å². The summed E-state index contributed by atoms with van der Waals surface area (Å²) in [6.07, 6.45) is 2.65. The fourth-order valence-electron chi connectivity index (χ4n) is 2.37. The number of benzene rings is 1. The van der Waals surface area contributed by atoms with Crippen LogP contribution >= 0.6 is 27.3 Å². The summed E-state index contributed by atoms with van der Waals surface area (Å²) in [5.41, 5.74) is 3.71. The maximum atomic E-state index is 4.92. The summed E-state index contributed by atoms with van der Waals surface area (Å²) in [7, 11) is 0. The van der Waals surface area contributed by atoms with Gasteiger partial charge < -0.3 is 5.32 Å². The number of rotatable bonds is 5. The fraction of sp³-hybridized carbons (Fsp3) is 0.471. The summed E-state index contributed by atoms with van der Waals surface area (Å²) in [5.74, 6) is 0.468. The van der Waals surface area contributed by atoms with E-state index in [0.29, 0.717) is 5.92 Å². The zero-order valence-electron chi connectivity index (χ0n) is 12.7. The van der Waals surface area contributed by atoms with E-state index in [4.69, 9.17) is 4.98 Å². The monoisotopic (exact) mass is 364 g/mol. The summed E-state index contributed by atoms with van der Waals surface area (Å²) in [6, 6.07) is 7.22. The van der Waals surface area contributed by atoms with Crippen LogP contribution in [0, 0.1) is 6.92 Å². The second kappa shape index (κ2) is 6.19. The SMILES string of the molecule is Cc1ccc(-c2nc(C(C)C)c(CNC3CC3)s2)c(Br)c1. The Morgan fingerprint density at radius 3 is 2.76 bits per heavy atom. The smallest absolute Gasteiger partial charge is 0.125 e. The third kappa shape index (κ3) is 3.55. The van der Waals surface area contributed by atoms with Gasteiger partial charge in [0.05, 0.1) is 5.69 Å². The highest BCUT2D eigenvalue weighted by Crippen LogP contribution is 2.36. The van der Waals surface area contributed by atoms with E-state index in [1.165, 1.54) is 34.5 Å². The molecule has 1 aromatic carbocycles. The van der Waals surface area contributed by atoms with Gasteiger partial charge in [-0.2, -0.15) is 0 Å². The first-order valence-electron chi connectivity index (χ1n) is 7.54. The van der Waals surface area contributed by atoms with Crippen LogP contribution in [0.5, 0.6) is 0 Å². The Labute approximate surface area is 139 Å². The van der Waals surface area contributed by atoms with Crippen LogP contribution < -0.4 is 5.32 Å². The highest BCUT2D eigenvalue weighted by atomic mass is 79.9. The van der Waals surface area contributed by atoms with Gasteiger partial charge in [0, 0.05) is 27.5 Å². The minimum atomic E-state index is 0.468. The first-order chi connectivity index (χ1) is 10.0. The predicted octanol–water partition coefficient (Wildman–Crippen LogP) is 5.26. The van der Waals surface area contributed by atoms with Gasteiger partial charge in [0.25, 0.3) is 0 Å². The zero-order chi connectivity index (χ0) is 15.0. The van der Waals surface area contributed by atoms with Crippen molar-refractivity contribution in [3.63, 3.8) is 0 Å². The maximum Gasteiger partial charge on any atom is 0.125 e. The van der Waals surface area contributed by atoms with Crippen LogP contribution in [0.15, 0.2) is 22.7 Å². The largest absolute Gasteiger partial charge is 0.309 e. The van der Waals surface area contributed by atoms with Crippen molar-refractivity contribution >= 4 is 27.3 Å². The van der Waals surface area contributed by atoms with E-state index in [2.05, 4.69) is 60.2 Å². The molecule has 0 saturated heterocycles. The average Bonchev–Trinajstić information content (AvgIpc) is 3.15. The third-order valence-electron chi connectivity index (χ3n) is 3.76. The van der Waals surface area contributed by atoms with Gasteiger partial charge in [-0.1, -0.05) is 41.9 Å². The molecule has 21 heavy (non-hydrogen) atoms. The third-order valence-corrected chi connectivity index (χ3v) is 5.52. The van der Waals surface area contributed by atoms with E-state index in [1.807, 2.05) is 11.3 Å². The van der Waals surface area contributed by atoms with Gasteiger partial charge in [0.15, 0.2) is 0 Å². The van der Waals surface area contributed by atoms with E-state index >= 15 is 0 Å². The molecule has 1 fully saturated rings. The van der Waals surface area contributed by atoms with E-state index in [9.17, 15) is 0 Å². The molecule has 0 atom stereocenters. The van der Waals surface area contributed by atoms with E-state index in [-0.39, 0.29) is 0 Å². The quantitative estimate of drug-likeness (QED) is 0.782. The average molecular weight is 365 g/mol. The molecule has 1 heterocycles.